The lowest BCUT2D eigenvalue weighted by atomic mass is 10.1. The molecular weight excluding hydrogens is 184 g/mol. The molecule has 0 aliphatic rings. The average molecular weight is 200 g/mol. The van der Waals surface area contributed by atoms with E-state index >= 15 is 0 Å². The molecule has 0 atom stereocenters. The first-order chi connectivity index (χ1) is 7.16. The maximum absolute atomic E-state index is 4.22. The van der Waals surface area contributed by atoms with Crippen molar-refractivity contribution in [3.05, 3.63) is 53.1 Å². The molecule has 0 saturated heterocycles. The predicted octanol–water partition coefficient (Wildman–Crippen LogP) is 2.86. The summed E-state index contributed by atoms with van der Waals surface area (Å²) in [5.74, 6) is 1.06. The summed E-state index contributed by atoms with van der Waals surface area (Å²) in [7, 11) is 0. The molecule has 0 fully saturated rings. The molecule has 0 amide bonds. The summed E-state index contributed by atoms with van der Waals surface area (Å²) in [5, 5.41) is 0. The maximum Gasteiger partial charge on any atom is 0.105 e. The van der Waals surface area contributed by atoms with E-state index in [1.54, 1.807) is 0 Å². The van der Waals surface area contributed by atoms with Crippen molar-refractivity contribution in [2.75, 3.05) is 0 Å². The van der Waals surface area contributed by atoms with E-state index in [0.29, 0.717) is 0 Å². The van der Waals surface area contributed by atoms with E-state index in [9.17, 15) is 0 Å². The number of benzene rings is 1. The van der Waals surface area contributed by atoms with Gasteiger partial charge in [-0.3, -0.25) is 0 Å². The van der Waals surface area contributed by atoms with E-state index in [4.69, 9.17) is 0 Å². The smallest absolute Gasteiger partial charge is 0.105 e. The van der Waals surface area contributed by atoms with Crippen molar-refractivity contribution in [2.24, 2.45) is 0 Å². The summed E-state index contributed by atoms with van der Waals surface area (Å²) in [6.45, 7) is 7.23. The summed E-state index contributed by atoms with van der Waals surface area (Å²) in [5.41, 5.74) is 4.03. The highest BCUT2D eigenvalue weighted by Crippen LogP contribution is 2.12. The van der Waals surface area contributed by atoms with Crippen molar-refractivity contribution in [3.8, 4) is 0 Å². The highest BCUT2D eigenvalue weighted by atomic mass is 15.0. The zero-order valence-electron chi connectivity index (χ0n) is 9.49. The summed E-state index contributed by atoms with van der Waals surface area (Å²) in [4.78, 5) is 4.22. The van der Waals surface area contributed by atoms with Crippen LogP contribution in [-0.4, -0.2) is 9.55 Å². The van der Waals surface area contributed by atoms with Gasteiger partial charge in [0.1, 0.15) is 5.82 Å². The van der Waals surface area contributed by atoms with Crippen LogP contribution in [0, 0.1) is 20.8 Å². The van der Waals surface area contributed by atoms with E-state index in [1.165, 1.54) is 16.7 Å². The van der Waals surface area contributed by atoms with E-state index in [-0.39, 0.29) is 0 Å². The Labute approximate surface area is 90.6 Å². The van der Waals surface area contributed by atoms with Crippen LogP contribution in [0.3, 0.4) is 0 Å². The van der Waals surface area contributed by atoms with Crippen LogP contribution in [0.4, 0.5) is 0 Å². The predicted molar refractivity (Wildman–Crippen MR) is 62.0 cm³/mol. The molecule has 15 heavy (non-hydrogen) atoms. The zero-order valence-corrected chi connectivity index (χ0v) is 9.49. The molecule has 0 aliphatic carbocycles. The van der Waals surface area contributed by atoms with Gasteiger partial charge in [0, 0.05) is 18.9 Å². The monoisotopic (exact) mass is 200 g/mol. The fourth-order valence-corrected chi connectivity index (χ4v) is 1.78. The number of imidazole rings is 1. The lowest BCUT2D eigenvalue weighted by Gasteiger charge is -2.09. The van der Waals surface area contributed by atoms with E-state index in [0.717, 1.165) is 12.4 Å². The first-order valence-corrected chi connectivity index (χ1v) is 5.20. The van der Waals surface area contributed by atoms with Gasteiger partial charge in [0.2, 0.25) is 0 Å². The normalized spacial score (nSPS) is 10.6. The van der Waals surface area contributed by atoms with Gasteiger partial charge >= 0.3 is 0 Å². The van der Waals surface area contributed by atoms with Crippen LogP contribution in [0.5, 0.6) is 0 Å². The molecule has 78 valence electrons. The molecule has 2 nitrogen and oxygen atoms in total. The number of rotatable bonds is 2. The molecule has 0 N–H and O–H groups in total. The Hall–Kier alpha value is -1.57. The molecule has 1 aromatic carbocycles. The minimum Gasteiger partial charge on any atom is -0.331 e. The topological polar surface area (TPSA) is 17.8 Å². The van der Waals surface area contributed by atoms with Gasteiger partial charge in [-0.25, -0.2) is 4.98 Å². The van der Waals surface area contributed by atoms with E-state index < -0.39 is 0 Å². The zero-order chi connectivity index (χ0) is 10.8. The number of hydrogen-bond acceptors (Lipinski definition) is 1. The van der Waals surface area contributed by atoms with Crippen molar-refractivity contribution < 1.29 is 0 Å². The molecule has 1 heterocycles. The third-order valence-corrected chi connectivity index (χ3v) is 2.76. The molecular formula is C13H16N2. The van der Waals surface area contributed by atoms with Gasteiger partial charge in [0.15, 0.2) is 0 Å². The summed E-state index contributed by atoms with van der Waals surface area (Å²) in [6.07, 6.45) is 3.87. The van der Waals surface area contributed by atoms with E-state index in [2.05, 4.69) is 41.6 Å². The Morgan fingerprint density at radius 1 is 1.20 bits per heavy atom. The lowest BCUT2D eigenvalue weighted by molar-refractivity contribution is 0.757. The second-order valence-corrected chi connectivity index (χ2v) is 4.03. The molecule has 0 saturated carbocycles. The summed E-state index contributed by atoms with van der Waals surface area (Å²) in [6, 6.07) is 6.58. The third kappa shape index (κ3) is 2.09. The van der Waals surface area contributed by atoms with Gasteiger partial charge < -0.3 is 4.57 Å². The molecule has 0 spiro atoms. The van der Waals surface area contributed by atoms with Crippen LogP contribution in [0.25, 0.3) is 0 Å². The minimum atomic E-state index is 0.915. The van der Waals surface area contributed by atoms with Crippen molar-refractivity contribution in [1.29, 1.82) is 0 Å². The largest absolute Gasteiger partial charge is 0.331 e. The summed E-state index contributed by atoms with van der Waals surface area (Å²) >= 11 is 0. The number of aromatic nitrogens is 2. The number of nitrogens with zero attached hydrogens (tertiary/aromatic N) is 2. The highest BCUT2D eigenvalue weighted by molar-refractivity contribution is 5.30. The Morgan fingerprint density at radius 2 is 2.00 bits per heavy atom. The van der Waals surface area contributed by atoms with Gasteiger partial charge in [0.05, 0.1) is 0 Å². The maximum atomic E-state index is 4.22. The molecule has 0 radical (unpaired) electrons. The summed E-state index contributed by atoms with van der Waals surface area (Å²) < 4.78 is 2.16. The molecule has 0 aliphatic heterocycles. The van der Waals surface area contributed by atoms with Crippen LogP contribution in [0.15, 0.2) is 30.6 Å². The molecule has 0 unspecified atom stereocenters. The van der Waals surface area contributed by atoms with Crippen LogP contribution < -0.4 is 0 Å². The fraction of sp³-hybridized carbons (Fsp3) is 0.308. The van der Waals surface area contributed by atoms with E-state index in [1.807, 2.05) is 19.3 Å². The van der Waals surface area contributed by atoms with Gasteiger partial charge in [-0.1, -0.05) is 23.8 Å². The number of hydrogen-bond donors (Lipinski definition) is 0. The van der Waals surface area contributed by atoms with Crippen molar-refractivity contribution in [3.63, 3.8) is 0 Å². The van der Waals surface area contributed by atoms with Crippen LogP contribution in [0.1, 0.15) is 22.5 Å². The third-order valence-electron chi connectivity index (χ3n) is 2.76. The number of aryl methyl sites for hydroxylation is 3. The van der Waals surface area contributed by atoms with Crippen molar-refractivity contribution in [1.82, 2.24) is 9.55 Å². The highest BCUT2D eigenvalue weighted by Gasteiger charge is 2.01. The second kappa shape index (κ2) is 3.89. The van der Waals surface area contributed by atoms with Crippen LogP contribution in [-0.2, 0) is 6.54 Å². The molecule has 2 rings (SSSR count). The second-order valence-electron chi connectivity index (χ2n) is 4.03. The molecule has 0 bridgehead atoms. The molecule has 1 aromatic heterocycles. The Balaban J connectivity index is 2.29. The van der Waals surface area contributed by atoms with Crippen LogP contribution in [0.2, 0.25) is 0 Å². The Kier molecular flexibility index (Phi) is 2.58. The fourth-order valence-electron chi connectivity index (χ4n) is 1.78. The first-order valence-electron chi connectivity index (χ1n) is 5.20. The standard InChI is InChI=1S/C13H16N2/c1-10-4-5-13(11(2)8-10)9-15-7-6-14-12(15)3/h4-8H,9H2,1-3H3. The SMILES string of the molecule is Cc1ccc(Cn2ccnc2C)c(C)c1. The van der Waals surface area contributed by atoms with Gasteiger partial charge in [-0.2, -0.15) is 0 Å². The molecule has 2 aromatic rings. The minimum absolute atomic E-state index is 0.915. The van der Waals surface area contributed by atoms with Crippen LogP contribution >= 0.6 is 0 Å². The molecule has 2 heteroatoms. The first kappa shape index (κ1) is 9.97. The average Bonchev–Trinajstić information content (AvgIpc) is 2.57. The van der Waals surface area contributed by atoms with Gasteiger partial charge in [-0.05, 0) is 31.9 Å². The van der Waals surface area contributed by atoms with Crippen molar-refractivity contribution in [2.45, 2.75) is 27.3 Å². The lowest BCUT2D eigenvalue weighted by Crippen LogP contribution is -2.02. The Morgan fingerprint density at radius 3 is 2.60 bits per heavy atom. The van der Waals surface area contributed by atoms with Gasteiger partial charge in [0.25, 0.3) is 0 Å². The van der Waals surface area contributed by atoms with Gasteiger partial charge in [-0.15, -0.1) is 0 Å². The van der Waals surface area contributed by atoms with Crippen molar-refractivity contribution >= 4 is 0 Å². The quantitative estimate of drug-likeness (QED) is 0.729. The Bertz CT molecular complexity index is 469.